The summed E-state index contributed by atoms with van der Waals surface area (Å²) in [6.45, 7) is 3.86. The summed E-state index contributed by atoms with van der Waals surface area (Å²) < 4.78 is 0. The van der Waals surface area contributed by atoms with Gasteiger partial charge in [0.2, 0.25) is 0 Å². The molecule has 0 fully saturated rings. The lowest BCUT2D eigenvalue weighted by Crippen LogP contribution is -2.35. The van der Waals surface area contributed by atoms with Crippen molar-refractivity contribution in [1.82, 2.24) is 15.6 Å². The van der Waals surface area contributed by atoms with Gasteiger partial charge in [0.1, 0.15) is 0 Å². The molecule has 2 N–H and O–H groups in total. The first-order chi connectivity index (χ1) is 6.86. The van der Waals surface area contributed by atoms with Crippen LogP contribution in [-0.2, 0) is 0 Å². The molecule has 0 saturated carbocycles. The lowest BCUT2D eigenvalue weighted by atomic mass is 10.2. The van der Waals surface area contributed by atoms with Gasteiger partial charge in [-0.2, -0.15) is 0 Å². The fourth-order valence-corrected chi connectivity index (χ4v) is 1.41. The van der Waals surface area contributed by atoms with E-state index in [0.717, 1.165) is 24.7 Å². The van der Waals surface area contributed by atoms with Crippen LogP contribution in [0, 0.1) is 0 Å². The van der Waals surface area contributed by atoms with Crippen LogP contribution in [0.5, 0.6) is 0 Å². The summed E-state index contributed by atoms with van der Waals surface area (Å²) in [5.41, 5.74) is 1.03. The predicted molar refractivity (Wildman–Crippen MR) is 56.1 cm³/mol. The van der Waals surface area contributed by atoms with Gasteiger partial charge in [0, 0.05) is 12.7 Å². The Morgan fingerprint density at radius 3 is 3.07 bits per heavy atom. The van der Waals surface area contributed by atoms with Gasteiger partial charge in [-0.05, 0) is 19.1 Å². The molecule has 1 aromatic rings. The molecule has 74 valence electrons. The van der Waals surface area contributed by atoms with Gasteiger partial charge in [0.05, 0.1) is 18.3 Å². The van der Waals surface area contributed by atoms with E-state index in [1.165, 1.54) is 0 Å². The lowest BCUT2D eigenvalue weighted by Gasteiger charge is -2.14. The Labute approximate surface area is 83.5 Å². The van der Waals surface area contributed by atoms with Crippen molar-refractivity contribution in [2.75, 3.05) is 13.1 Å². The summed E-state index contributed by atoms with van der Waals surface area (Å²) in [5.74, 6) is 0.878. The molecular formula is C10H14N4. The predicted octanol–water partition coefficient (Wildman–Crippen LogP) is 0.691. The molecule has 0 aliphatic carbocycles. The first-order valence-electron chi connectivity index (χ1n) is 4.82. The Balaban J connectivity index is 1.99. The van der Waals surface area contributed by atoms with Gasteiger partial charge in [-0.15, -0.1) is 0 Å². The summed E-state index contributed by atoms with van der Waals surface area (Å²) in [5, 5.41) is 6.44. The molecule has 0 saturated heterocycles. The van der Waals surface area contributed by atoms with Crippen molar-refractivity contribution in [3.63, 3.8) is 0 Å². The van der Waals surface area contributed by atoms with E-state index in [4.69, 9.17) is 0 Å². The van der Waals surface area contributed by atoms with E-state index in [-0.39, 0.29) is 6.04 Å². The van der Waals surface area contributed by atoms with Crippen molar-refractivity contribution in [3.8, 4) is 0 Å². The number of rotatable bonds is 2. The molecule has 2 heterocycles. The van der Waals surface area contributed by atoms with Crippen molar-refractivity contribution < 1.29 is 0 Å². The first kappa shape index (κ1) is 8.99. The number of guanidine groups is 1. The van der Waals surface area contributed by atoms with E-state index in [0.29, 0.717) is 0 Å². The highest BCUT2D eigenvalue weighted by atomic mass is 15.2. The van der Waals surface area contributed by atoms with Crippen LogP contribution >= 0.6 is 0 Å². The van der Waals surface area contributed by atoms with E-state index in [2.05, 4.69) is 27.5 Å². The summed E-state index contributed by atoms with van der Waals surface area (Å²) in [6.07, 6.45) is 1.80. The molecule has 4 heteroatoms. The molecule has 1 aromatic heterocycles. The first-order valence-corrected chi connectivity index (χ1v) is 4.82. The molecule has 0 spiro atoms. The number of aromatic nitrogens is 1. The van der Waals surface area contributed by atoms with Crippen molar-refractivity contribution in [1.29, 1.82) is 0 Å². The quantitative estimate of drug-likeness (QED) is 0.721. The van der Waals surface area contributed by atoms with E-state index < -0.39 is 0 Å². The van der Waals surface area contributed by atoms with E-state index in [1.54, 1.807) is 6.20 Å². The number of hydrogen-bond acceptors (Lipinski definition) is 4. The maximum absolute atomic E-state index is 4.28. The van der Waals surface area contributed by atoms with Crippen molar-refractivity contribution >= 4 is 5.96 Å². The SMILES string of the molecule is CC(NC1=NCCN1)c1ccccn1. The highest BCUT2D eigenvalue weighted by Crippen LogP contribution is 2.07. The van der Waals surface area contributed by atoms with Gasteiger partial charge < -0.3 is 10.6 Å². The Morgan fingerprint density at radius 1 is 1.50 bits per heavy atom. The van der Waals surface area contributed by atoms with Crippen LogP contribution in [0.1, 0.15) is 18.7 Å². The number of hydrogen-bond donors (Lipinski definition) is 2. The van der Waals surface area contributed by atoms with Gasteiger partial charge in [-0.3, -0.25) is 9.98 Å². The molecule has 1 atom stereocenters. The Kier molecular flexibility index (Phi) is 2.62. The van der Waals surface area contributed by atoms with E-state index in [1.807, 2.05) is 18.2 Å². The second-order valence-electron chi connectivity index (χ2n) is 3.28. The molecule has 4 nitrogen and oxygen atoms in total. The Bertz CT molecular complexity index is 320. The van der Waals surface area contributed by atoms with Crippen LogP contribution < -0.4 is 10.6 Å². The number of pyridine rings is 1. The summed E-state index contributed by atoms with van der Waals surface area (Å²) in [7, 11) is 0. The number of aliphatic imine (C=N–C) groups is 1. The third-order valence-electron chi connectivity index (χ3n) is 2.16. The number of nitrogens with zero attached hydrogens (tertiary/aromatic N) is 2. The zero-order chi connectivity index (χ0) is 9.80. The molecule has 14 heavy (non-hydrogen) atoms. The van der Waals surface area contributed by atoms with Gasteiger partial charge in [-0.25, -0.2) is 0 Å². The average Bonchev–Trinajstić information content (AvgIpc) is 2.72. The maximum Gasteiger partial charge on any atom is 0.191 e. The molecule has 0 bridgehead atoms. The Morgan fingerprint density at radius 2 is 2.43 bits per heavy atom. The maximum atomic E-state index is 4.28. The van der Waals surface area contributed by atoms with Crippen LogP contribution in [0.2, 0.25) is 0 Å². The van der Waals surface area contributed by atoms with E-state index >= 15 is 0 Å². The minimum absolute atomic E-state index is 0.195. The molecule has 1 aliphatic heterocycles. The highest BCUT2D eigenvalue weighted by Gasteiger charge is 2.10. The summed E-state index contributed by atoms with van der Waals surface area (Å²) in [6, 6.07) is 6.11. The fourth-order valence-electron chi connectivity index (χ4n) is 1.41. The number of nitrogens with one attached hydrogen (secondary N) is 2. The topological polar surface area (TPSA) is 49.3 Å². The monoisotopic (exact) mass is 190 g/mol. The summed E-state index contributed by atoms with van der Waals surface area (Å²) in [4.78, 5) is 8.54. The smallest absolute Gasteiger partial charge is 0.191 e. The molecule has 1 aliphatic rings. The van der Waals surface area contributed by atoms with Crippen molar-refractivity contribution in [3.05, 3.63) is 30.1 Å². The molecule has 0 amide bonds. The van der Waals surface area contributed by atoms with Gasteiger partial charge in [0.25, 0.3) is 0 Å². The molecular weight excluding hydrogens is 176 g/mol. The van der Waals surface area contributed by atoms with Crippen molar-refractivity contribution in [2.45, 2.75) is 13.0 Å². The van der Waals surface area contributed by atoms with Crippen LogP contribution in [0.25, 0.3) is 0 Å². The standard InChI is InChI=1S/C10H14N4/c1-8(9-4-2-3-5-11-9)14-10-12-6-7-13-10/h2-5,8H,6-7H2,1H3,(H2,12,13,14). The largest absolute Gasteiger partial charge is 0.355 e. The molecule has 2 rings (SSSR count). The minimum Gasteiger partial charge on any atom is -0.355 e. The highest BCUT2D eigenvalue weighted by molar-refractivity contribution is 5.81. The average molecular weight is 190 g/mol. The van der Waals surface area contributed by atoms with Crippen LogP contribution in [0.3, 0.4) is 0 Å². The van der Waals surface area contributed by atoms with Gasteiger partial charge in [-0.1, -0.05) is 6.07 Å². The van der Waals surface area contributed by atoms with Gasteiger partial charge in [0.15, 0.2) is 5.96 Å². The summed E-state index contributed by atoms with van der Waals surface area (Å²) >= 11 is 0. The van der Waals surface area contributed by atoms with E-state index in [9.17, 15) is 0 Å². The third kappa shape index (κ3) is 2.02. The fraction of sp³-hybridized carbons (Fsp3) is 0.400. The lowest BCUT2D eigenvalue weighted by molar-refractivity contribution is 0.679. The zero-order valence-corrected chi connectivity index (χ0v) is 8.20. The second kappa shape index (κ2) is 4.09. The zero-order valence-electron chi connectivity index (χ0n) is 8.20. The van der Waals surface area contributed by atoms with Crippen LogP contribution in [-0.4, -0.2) is 24.0 Å². The normalized spacial score (nSPS) is 17.1. The molecule has 0 radical (unpaired) electrons. The Hall–Kier alpha value is -1.58. The van der Waals surface area contributed by atoms with Gasteiger partial charge >= 0.3 is 0 Å². The molecule has 1 unspecified atom stereocenters. The minimum atomic E-state index is 0.195. The van der Waals surface area contributed by atoms with Crippen molar-refractivity contribution in [2.24, 2.45) is 4.99 Å². The van der Waals surface area contributed by atoms with Crippen LogP contribution in [0.4, 0.5) is 0 Å². The van der Waals surface area contributed by atoms with Crippen LogP contribution in [0.15, 0.2) is 29.4 Å². The third-order valence-corrected chi connectivity index (χ3v) is 2.16. The second-order valence-corrected chi connectivity index (χ2v) is 3.28. The molecule has 0 aromatic carbocycles.